The standard InChI is InChI=1S/C13H13ClO2S/c14-9-5-7-10(8-6-9)17-12-4-2-1-3-11(12)13(15)16/h5-8H,1-4H2,(H,15,16)/p-1. The average Bonchev–Trinajstić information content (AvgIpc) is 2.32. The van der Waals surface area contributed by atoms with Crippen LogP contribution in [0.4, 0.5) is 0 Å². The minimum atomic E-state index is -1.03. The van der Waals surface area contributed by atoms with Crippen molar-refractivity contribution in [2.45, 2.75) is 30.6 Å². The first kappa shape index (κ1) is 12.5. The van der Waals surface area contributed by atoms with Gasteiger partial charge in [0.25, 0.3) is 0 Å². The Morgan fingerprint density at radius 3 is 2.47 bits per heavy atom. The molecule has 2 rings (SSSR count). The molecule has 0 unspecified atom stereocenters. The molecule has 0 aliphatic heterocycles. The normalized spacial score (nSPS) is 16.1. The summed E-state index contributed by atoms with van der Waals surface area (Å²) in [4.78, 5) is 13.0. The number of rotatable bonds is 3. The van der Waals surface area contributed by atoms with Gasteiger partial charge in [-0.15, -0.1) is 0 Å². The zero-order chi connectivity index (χ0) is 12.3. The molecule has 0 saturated carbocycles. The van der Waals surface area contributed by atoms with Gasteiger partial charge in [-0.1, -0.05) is 23.4 Å². The van der Waals surface area contributed by atoms with Crippen molar-refractivity contribution >= 4 is 29.3 Å². The summed E-state index contributed by atoms with van der Waals surface area (Å²) >= 11 is 7.32. The Kier molecular flexibility index (Phi) is 4.13. The van der Waals surface area contributed by atoms with Crippen LogP contribution in [0.25, 0.3) is 0 Å². The molecule has 0 radical (unpaired) electrons. The third kappa shape index (κ3) is 3.27. The van der Waals surface area contributed by atoms with E-state index in [9.17, 15) is 9.90 Å². The van der Waals surface area contributed by atoms with E-state index in [4.69, 9.17) is 11.6 Å². The second kappa shape index (κ2) is 5.61. The minimum Gasteiger partial charge on any atom is -0.545 e. The maximum absolute atomic E-state index is 11.0. The predicted molar refractivity (Wildman–Crippen MR) is 67.8 cm³/mol. The van der Waals surface area contributed by atoms with Gasteiger partial charge in [0.15, 0.2) is 0 Å². The predicted octanol–water partition coefficient (Wildman–Crippen LogP) is 3.01. The number of halogens is 1. The van der Waals surface area contributed by atoms with Crippen molar-refractivity contribution < 1.29 is 9.90 Å². The molecule has 0 bridgehead atoms. The van der Waals surface area contributed by atoms with Gasteiger partial charge in [-0.2, -0.15) is 0 Å². The fourth-order valence-electron chi connectivity index (χ4n) is 1.85. The number of carboxylic acids is 1. The van der Waals surface area contributed by atoms with Crippen LogP contribution in [0.15, 0.2) is 39.6 Å². The second-order valence-electron chi connectivity index (χ2n) is 3.95. The van der Waals surface area contributed by atoms with Gasteiger partial charge in [0.05, 0.1) is 5.97 Å². The molecule has 1 aromatic rings. The maximum atomic E-state index is 11.0. The topological polar surface area (TPSA) is 40.1 Å². The first-order valence-corrected chi connectivity index (χ1v) is 6.73. The van der Waals surface area contributed by atoms with Gasteiger partial charge < -0.3 is 9.90 Å². The van der Waals surface area contributed by atoms with E-state index in [-0.39, 0.29) is 0 Å². The molecule has 1 aliphatic carbocycles. The van der Waals surface area contributed by atoms with Crippen LogP contribution in [0.5, 0.6) is 0 Å². The molecule has 0 fully saturated rings. The lowest BCUT2D eigenvalue weighted by atomic mass is 9.99. The highest BCUT2D eigenvalue weighted by Crippen LogP contribution is 2.37. The number of benzene rings is 1. The van der Waals surface area contributed by atoms with Crippen LogP contribution < -0.4 is 5.11 Å². The van der Waals surface area contributed by atoms with Crippen molar-refractivity contribution in [1.82, 2.24) is 0 Å². The van der Waals surface area contributed by atoms with Crippen LogP contribution in [0.2, 0.25) is 5.02 Å². The number of aliphatic carboxylic acids is 1. The highest BCUT2D eigenvalue weighted by Gasteiger charge is 2.14. The number of thioether (sulfide) groups is 1. The first-order chi connectivity index (χ1) is 8.16. The third-order valence-electron chi connectivity index (χ3n) is 2.72. The van der Waals surface area contributed by atoms with Crippen molar-refractivity contribution in [3.63, 3.8) is 0 Å². The minimum absolute atomic E-state index is 0.469. The molecule has 1 aliphatic rings. The fraction of sp³-hybridized carbons (Fsp3) is 0.308. The Hall–Kier alpha value is -0.930. The molecule has 2 nitrogen and oxygen atoms in total. The summed E-state index contributed by atoms with van der Waals surface area (Å²) in [5.74, 6) is -1.03. The molecule has 90 valence electrons. The summed E-state index contributed by atoms with van der Waals surface area (Å²) in [5, 5.41) is 11.7. The number of hydrogen-bond donors (Lipinski definition) is 0. The number of carbonyl (C=O) groups excluding carboxylic acids is 1. The van der Waals surface area contributed by atoms with Crippen LogP contribution in [0.1, 0.15) is 25.7 Å². The molecule has 1 aromatic carbocycles. The van der Waals surface area contributed by atoms with Gasteiger partial charge in [0, 0.05) is 9.92 Å². The molecule has 0 spiro atoms. The number of allylic oxidation sites excluding steroid dienone is 1. The molecular formula is C13H12ClO2S-. The van der Waals surface area contributed by atoms with E-state index in [1.807, 2.05) is 24.3 Å². The van der Waals surface area contributed by atoms with E-state index in [1.54, 1.807) is 0 Å². The van der Waals surface area contributed by atoms with Crippen LogP contribution in [-0.2, 0) is 4.79 Å². The van der Waals surface area contributed by atoms with Crippen LogP contribution in [0.3, 0.4) is 0 Å². The Labute approximate surface area is 110 Å². The largest absolute Gasteiger partial charge is 0.545 e. The highest BCUT2D eigenvalue weighted by molar-refractivity contribution is 8.03. The SMILES string of the molecule is O=C([O-])C1=C(Sc2ccc(Cl)cc2)CCCC1. The molecule has 0 N–H and O–H groups in total. The number of carbonyl (C=O) groups is 1. The lowest BCUT2D eigenvalue weighted by molar-refractivity contribution is -0.299. The molecule has 17 heavy (non-hydrogen) atoms. The fourth-order valence-corrected chi connectivity index (χ4v) is 3.09. The molecule has 0 amide bonds. The van der Waals surface area contributed by atoms with Gasteiger partial charge in [-0.25, -0.2) is 0 Å². The Bertz CT molecular complexity index is 451. The van der Waals surface area contributed by atoms with Crippen molar-refractivity contribution in [2.75, 3.05) is 0 Å². The van der Waals surface area contributed by atoms with Gasteiger partial charge in [0.2, 0.25) is 0 Å². The first-order valence-electron chi connectivity index (χ1n) is 5.53. The van der Waals surface area contributed by atoms with Crippen molar-refractivity contribution in [3.05, 3.63) is 39.8 Å². The second-order valence-corrected chi connectivity index (χ2v) is 5.56. The summed E-state index contributed by atoms with van der Waals surface area (Å²) in [6, 6.07) is 7.43. The van der Waals surface area contributed by atoms with Gasteiger partial charge >= 0.3 is 0 Å². The maximum Gasteiger partial charge on any atom is 0.0682 e. The van der Waals surface area contributed by atoms with E-state index in [0.29, 0.717) is 17.0 Å². The summed E-state index contributed by atoms with van der Waals surface area (Å²) in [7, 11) is 0. The summed E-state index contributed by atoms with van der Waals surface area (Å²) in [5.41, 5.74) is 0.469. The van der Waals surface area contributed by atoms with E-state index in [2.05, 4.69) is 0 Å². The molecule has 0 saturated heterocycles. The summed E-state index contributed by atoms with van der Waals surface area (Å²) < 4.78 is 0. The molecule has 0 atom stereocenters. The van der Waals surface area contributed by atoms with Gasteiger partial charge in [-0.05, 0) is 60.4 Å². The lowest BCUT2D eigenvalue weighted by Gasteiger charge is -2.20. The molecule has 0 heterocycles. The smallest absolute Gasteiger partial charge is 0.0682 e. The quantitative estimate of drug-likeness (QED) is 0.845. The highest BCUT2D eigenvalue weighted by atomic mass is 35.5. The van der Waals surface area contributed by atoms with Crippen molar-refractivity contribution in [2.24, 2.45) is 0 Å². The summed E-state index contributed by atoms with van der Waals surface area (Å²) in [6.07, 6.45) is 3.44. The van der Waals surface area contributed by atoms with Crippen LogP contribution in [-0.4, -0.2) is 5.97 Å². The van der Waals surface area contributed by atoms with Crippen molar-refractivity contribution in [1.29, 1.82) is 0 Å². The van der Waals surface area contributed by atoms with E-state index < -0.39 is 5.97 Å². The Balaban J connectivity index is 2.21. The average molecular weight is 268 g/mol. The Morgan fingerprint density at radius 2 is 1.82 bits per heavy atom. The molecule has 4 heteroatoms. The van der Waals surface area contributed by atoms with Crippen LogP contribution in [0, 0.1) is 0 Å². The van der Waals surface area contributed by atoms with E-state index in [1.165, 1.54) is 11.8 Å². The van der Waals surface area contributed by atoms with Crippen LogP contribution >= 0.6 is 23.4 Å². The monoisotopic (exact) mass is 267 g/mol. The Morgan fingerprint density at radius 1 is 1.18 bits per heavy atom. The number of carboxylic acid groups (broad SMARTS) is 1. The summed E-state index contributed by atoms with van der Waals surface area (Å²) in [6.45, 7) is 0. The van der Waals surface area contributed by atoms with E-state index >= 15 is 0 Å². The lowest BCUT2D eigenvalue weighted by Crippen LogP contribution is -2.26. The molecule has 0 aromatic heterocycles. The van der Waals surface area contributed by atoms with Gasteiger partial charge in [0.1, 0.15) is 0 Å². The zero-order valence-electron chi connectivity index (χ0n) is 9.24. The number of hydrogen-bond acceptors (Lipinski definition) is 3. The van der Waals surface area contributed by atoms with Crippen molar-refractivity contribution in [3.8, 4) is 0 Å². The molecular weight excluding hydrogens is 256 g/mol. The zero-order valence-corrected chi connectivity index (χ0v) is 10.8. The third-order valence-corrected chi connectivity index (χ3v) is 4.18. The van der Waals surface area contributed by atoms with Gasteiger partial charge in [-0.3, -0.25) is 0 Å². The van der Waals surface area contributed by atoms with E-state index in [0.717, 1.165) is 29.1 Å².